The molecule has 1 aromatic heterocycles. The average molecular weight is 229 g/mol. The molecule has 1 unspecified atom stereocenters. The number of hydrogen-bond donors (Lipinski definition) is 0. The van der Waals surface area contributed by atoms with E-state index in [9.17, 15) is 0 Å². The van der Waals surface area contributed by atoms with Crippen molar-refractivity contribution in [3.63, 3.8) is 0 Å². The molecule has 0 aliphatic heterocycles. The van der Waals surface area contributed by atoms with Gasteiger partial charge in [0.2, 0.25) is 0 Å². The predicted molar refractivity (Wildman–Crippen MR) is 68.2 cm³/mol. The Labute approximate surface area is 103 Å². The van der Waals surface area contributed by atoms with Crippen LogP contribution in [0.4, 0.5) is 0 Å². The molecule has 1 fully saturated rings. The SMILES string of the molecule is C=C(C)c1cnn(C(CC#N)C2CCCC2)c1. The van der Waals surface area contributed by atoms with Crippen LogP contribution in [-0.2, 0) is 0 Å². The smallest absolute Gasteiger partial charge is 0.0677 e. The van der Waals surface area contributed by atoms with E-state index in [0.29, 0.717) is 12.3 Å². The molecular weight excluding hydrogens is 210 g/mol. The summed E-state index contributed by atoms with van der Waals surface area (Å²) in [6.07, 6.45) is 9.48. The van der Waals surface area contributed by atoms with Crippen molar-refractivity contribution < 1.29 is 0 Å². The summed E-state index contributed by atoms with van der Waals surface area (Å²) in [4.78, 5) is 0. The lowest BCUT2D eigenvalue weighted by atomic mass is 9.96. The second-order valence-corrected chi connectivity index (χ2v) is 4.96. The number of rotatable bonds is 4. The summed E-state index contributed by atoms with van der Waals surface area (Å²) in [7, 11) is 0. The summed E-state index contributed by atoms with van der Waals surface area (Å²) in [6, 6.07) is 2.54. The number of hydrogen-bond acceptors (Lipinski definition) is 2. The molecule has 0 saturated heterocycles. The van der Waals surface area contributed by atoms with Crippen molar-refractivity contribution in [3.05, 3.63) is 24.5 Å². The standard InChI is InChI=1S/C14H19N3/c1-11(2)13-9-16-17(10-13)14(7-8-15)12-5-3-4-6-12/h9-10,12,14H,1,3-7H2,2H3. The molecule has 0 spiro atoms. The van der Waals surface area contributed by atoms with E-state index in [1.165, 1.54) is 25.7 Å². The molecule has 1 heterocycles. The molecule has 0 radical (unpaired) electrons. The molecule has 1 aliphatic carbocycles. The summed E-state index contributed by atoms with van der Waals surface area (Å²) in [5.41, 5.74) is 2.10. The highest BCUT2D eigenvalue weighted by Gasteiger charge is 2.26. The van der Waals surface area contributed by atoms with Crippen LogP contribution in [0.25, 0.3) is 5.57 Å². The minimum atomic E-state index is 0.246. The number of nitrogens with zero attached hydrogens (tertiary/aromatic N) is 3. The molecule has 1 atom stereocenters. The van der Waals surface area contributed by atoms with Crippen LogP contribution in [0.3, 0.4) is 0 Å². The Morgan fingerprint density at radius 3 is 2.88 bits per heavy atom. The van der Waals surface area contributed by atoms with Gasteiger partial charge in [-0.25, -0.2) is 0 Å². The molecule has 17 heavy (non-hydrogen) atoms. The van der Waals surface area contributed by atoms with Gasteiger partial charge in [0.25, 0.3) is 0 Å². The maximum Gasteiger partial charge on any atom is 0.0677 e. The van der Waals surface area contributed by atoms with E-state index < -0.39 is 0 Å². The van der Waals surface area contributed by atoms with E-state index >= 15 is 0 Å². The largest absolute Gasteiger partial charge is 0.268 e. The first-order valence-electron chi connectivity index (χ1n) is 6.29. The van der Waals surface area contributed by atoms with Gasteiger partial charge in [-0.2, -0.15) is 10.4 Å². The molecule has 1 aromatic rings. The van der Waals surface area contributed by atoms with Crippen molar-refractivity contribution >= 4 is 5.57 Å². The van der Waals surface area contributed by atoms with E-state index in [4.69, 9.17) is 5.26 Å². The zero-order valence-corrected chi connectivity index (χ0v) is 10.4. The fraction of sp³-hybridized carbons (Fsp3) is 0.571. The maximum atomic E-state index is 8.97. The van der Waals surface area contributed by atoms with Crippen molar-refractivity contribution in [2.45, 2.75) is 45.1 Å². The molecule has 90 valence electrons. The van der Waals surface area contributed by atoms with Crippen molar-refractivity contribution in [1.29, 1.82) is 5.26 Å². The first-order chi connectivity index (χ1) is 8.22. The molecule has 3 heteroatoms. The Bertz CT molecular complexity index is 433. The molecule has 2 rings (SSSR count). The van der Waals surface area contributed by atoms with E-state index in [0.717, 1.165) is 11.1 Å². The number of allylic oxidation sites excluding steroid dienone is 1. The average Bonchev–Trinajstić information content (AvgIpc) is 2.97. The Kier molecular flexibility index (Phi) is 3.63. The summed E-state index contributed by atoms with van der Waals surface area (Å²) >= 11 is 0. The summed E-state index contributed by atoms with van der Waals surface area (Å²) in [5, 5.41) is 13.4. The van der Waals surface area contributed by atoms with Crippen LogP contribution in [-0.4, -0.2) is 9.78 Å². The van der Waals surface area contributed by atoms with Crippen LogP contribution < -0.4 is 0 Å². The van der Waals surface area contributed by atoms with Crippen LogP contribution in [0.5, 0.6) is 0 Å². The van der Waals surface area contributed by atoms with Gasteiger partial charge in [-0.3, -0.25) is 4.68 Å². The fourth-order valence-electron chi connectivity index (χ4n) is 2.65. The van der Waals surface area contributed by atoms with Crippen molar-refractivity contribution in [2.75, 3.05) is 0 Å². The third kappa shape index (κ3) is 2.58. The minimum Gasteiger partial charge on any atom is -0.268 e. The van der Waals surface area contributed by atoms with Gasteiger partial charge in [-0.15, -0.1) is 0 Å². The Hall–Kier alpha value is -1.56. The highest BCUT2D eigenvalue weighted by atomic mass is 15.3. The molecule has 0 N–H and O–H groups in total. The highest BCUT2D eigenvalue weighted by Crippen LogP contribution is 2.35. The van der Waals surface area contributed by atoms with E-state index in [1.54, 1.807) is 0 Å². The molecule has 0 bridgehead atoms. The van der Waals surface area contributed by atoms with Crippen LogP contribution in [0.1, 0.15) is 50.6 Å². The van der Waals surface area contributed by atoms with Crippen molar-refractivity contribution in [1.82, 2.24) is 9.78 Å². The number of aromatic nitrogens is 2. The lowest BCUT2D eigenvalue weighted by molar-refractivity contribution is 0.314. The normalized spacial score (nSPS) is 17.9. The van der Waals surface area contributed by atoms with Gasteiger partial charge >= 0.3 is 0 Å². The fourth-order valence-corrected chi connectivity index (χ4v) is 2.65. The van der Waals surface area contributed by atoms with Gasteiger partial charge in [-0.1, -0.05) is 19.4 Å². The second-order valence-electron chi connectivity index (χ2n) is 4.96. The topological polar surface area (TPSA) is 41.6 Å². The zero-order chi connectivity index (χ0) is 12.3. The summed E-state index contributed by atoms with van der Waals surface area (Å²) < 4.78 is 1.98. The molecule has 0 aromatic carbocycles. The first kappa shape index (κ1) is 11.9. The van der Waals surface area contributed by atoms with Gasteiger partial charge in [0.05, 0.1) is 24.7 Å². The Morgan fingerprint density at radius 1 is 1.65 bits per heavy atom. The molecule has 1 saturated carbocycles. The van der Waals surface area contributed by atoms with Gasteiger partial charge in [0.15, 0.2) is 0 Å². The van der Waals surface area contributed by atoms with Crippen LogP contribution >= 0.6 is 0 Å². The van der Waals surface area contributed by atoms with Crippen LogP contribution in [0, 0.1) is 17.2 Å². The lowest BCUT2D eigenvalue weighted by Gasteiger charge is -2.21. The predicted octanol–water partition coefficient (Wildman–Crippen LogP) is 3.56. The van der Waals surface area contributed by atoms with Gasteiger partial charge in [0.1, 0.15) is 0 Å². The van der Waals surface area contributed by atoms with Crippen LogP contribution in [0.15, 0.2) is 19.0 Å². The third-order valence-corrected chi connectivity index (χ3v) is 3.68. The highest BCUT2D eigenvalue weighted by molar-refractivity contribution is 5.59. The van der Waals surface area contributed by atoms with E-state index in [2.05, 4.69) is 17.7 Å². The second kappa shape index (κ2) is 5.18. The van der Waals surface area contributed by atoms with Gasteiger partial charge < -0.3 is 0 Å². The van der Waals surface area contributed by atoms with Crippen molar-refractivity contribution in [3.8, 4) is 6.07 Å². The lowest BCUT2D eigenvalue weighted by Crippen LogP contribution is -2.17. The maximum absolute atomic E-state index is 8.97. The van der Waals surface area contributed by atoms with Crippen LogP contribution in [0.2, 0.25) is 0 Å². The quantitative estimate of drug-likeness (QED) is 0.792. The monoisotopic (exact) mass is 229 g/mol. The summed E-state index contributed by atoms with van der Waals surface area (Å²) in [6.45, 7) is 5.91. The zero-order valence-electron chi connectivity index (χ0n) is 10.4. The third-order valence-electron chi connectivity index (χ3n) is 3.68. The molecular formula is C14H19N3. The molecule has 1 aliphatic rings. The molecule has 0 amide bonds. The van der Waals surface area contributed by atoms with Gasteiger partial charge in [-0.05, 0) is 31.3 Å². The first-order valence-corrected chi connectivity index (χ1v) is 6.29. The minimum absolute atomic E-state index is 0.246. The molecule has 3 nitrogen and oxygen atoms in total. The van der Waals surface area contributed by atoms with Crippen molar-refractivity contribution in [2.24, 2.45) is 5.92 Å². The van der Waals surface area contributed by atoms with Gasteiger partial charge in [0, 0.05) is 11.8 Å². The van der Waals surface area contributed by atoms with E-state index in [-0.39, 0.29) is 6.04 Å². The Balaban J connectivity index is 2.19. The number of nitriles is 1. The Morgan fingerprint density at radius 2 is 2.35 bits per heavy atom. The summed E-state index contributed by atoms with van der Waals surface area (Å²) in [5.74, 6) is 0.618. The van der Waals surface area contributed by atoms with E-state index in [1.807, 2.05) is 24.0 Å².